The van der Waals surface area contributed by atoms with Crippen LogP contribution in [0.2, 0.25) is 0 Å². The fraction of sp³-hybridized carbons (Fsp3) is 0.562. The Bertz CT molecular complexity index is 615. The van der Waals surface area contributed by atoms with Crippen molar-refractivity contribution in [2.45, 2.75) is 0 Å². The van der Waals surface area contributed by atoms with Gasteiger partial charge in [-0.15, -0.1) is 0 Å². The van der Waals surface area contributed by atoms with Gasteiger partial charge in [-0.3, -0.25) is 9.69 Å². The zero-order chi connectivity index (χ0) is 17.4. The lowest BCUT2D eigenvalue weighted by Gasteiger charge is -2.29. The van der Waals surface area contributed by atoms with E-state index in [4.69, 9.17) is 4.74 Å². The molecule has 1 saturated heterocycles. The highest BCUT2D eigenvalue weighted by Crippen LogP contribution is 2.02. The second-order valence-electron chi connectivity index (χ2n) is 5.74. The number of hydrogen-bond acceptors (Lipinski definition) is 5. The van der Waals surface area contributed by atoms with Crippen molar-refractivity contribution in [1.29, 1.82) is 0 Å². The van der Waals surface area contributed by atoms with E-state index in [-0.39, 0.29) is 19.0 Å². The van der Waals surface area contributed by atoms with Gasteiger partial charge in [-0.05, 0) is 12.1 Å². The van der Waals surface area contributed by atoms with Crippen LogP contribution in [-0.4, -0.2) is 82.3 Å². The summed E-state index contributed by atoms with van der Waals surface area (Å²) < 4.78 is 30.5. The highest BCUT2D eigenvalue weighted by atomic mass is 32.2. The van der Waals surface area contributed by atoms with Gasteiger partial charge in [0.15, 0.2) is 0 Å². The van der Waals surface area contributed by atoms with Gasteiger partial charge in [-0.25, -0.2) is 8.42 Å². The Labute approximate surface area is 143 Å². The Morgan fingerprint density at radius 3 is 2.50 bits per heavy atom. The third-order valence-corrected chi connectivity index (χ3v) is 5.22. The molecule has 1 fully saturated rings. The Morgan fingerprint density at radius 1 is 1.21 bits per heavy atom. The monoisotopic (exact) mass is 355 g/mol. The number of carbonyl (C=O) groups excluding carboxylic acids is 1. The number of carbonyl (C=O) groups is 1. The SMILES string of the molecule is CS(=O)(=O)N(CCNC(=O)c1ccccc1)CCN1CCOCC1. The molecule has 1 heterocycles. The minimum atomic E-state index is -3.30. The number of nitrogens with one attached hydrogen (secondary N) is 1. The number of hydrogen-bond donors (Lipinski definition) is 1. The van der Waals surface area contributed by atoms with Crippen LogP contribution in [0.3, 0.4) is 0 Å². The smallest absolute Gasteiger partial charge is 0.251 e. The van der Waals surface area contributed by atoms with Gasteiger partial charge in [0, 0.05) is 44.8 Å². The molecule has 1 aliphatic heterocycles. The first-order chi connectivity index (χ1) is 11.5. The highest BCUT2D eigenvalue weighted by molar-refractivity contribution is 7.88. The fourth-order valence-corrected chi connectivity index (χ4v) is 3.34. The third-order valence-electron chi connectivity index (χ3n) is 3.92. The summed E-state index contributed by atoms with van der Waals surface area (Å²) in [4.78, 5) is 14.2. The van der Waals surface area contributed by atoms with Crippen LogP contribution in [0.5, 0.6) is 0 Å². The normalized spacial score (nSPS) is 16.2. The molecule has 0 aliphatic carbocycles. The topological polar surface area (TPSA) is 79.0 Å². The molecule has 8 heteroatoms. The maximum atomic E-state index is 12.0. The Morgan fingerprint density at radius 2 is 1.88 bits per heavy atom. The van der Waals surface area contributed by atoms with Crippen molar-refractivity contribution in [3.8, 4) is 0 Å². The zero-order valence-corrected chi connectivity index (χ0v) is 14.8. The summed E-state index contributed by atoms with van der Waals surface area (Å²) in [5.74, 6) is -0.197. The molecule has 1 amide bonds. The van der Waals surface area contributed by atoms with Gasteiger partial charge in [0.05, 0.1) is 19.5 Å². The van der Waals surface area contributed by atoms with Crippen molar-refractivity contribution >= 4 is 15.9 Å². The number of benzene rings is 1. The summed E-state index contributed by atoms with van der Waals surface area (Å²) >= 11 is 0. The van der Waals surface area contributed by atoms with Gasteiger partial charge in [-0.1, -0.05) is 18.2 Å². The van der Waals surface area contributed by atoms with Crippen molar-refractivity contribution in [3.05, 3.63) is 35.9 Å². The first-order valence-electron chi connectivity index (χ1n) is 8.05. The van der Waals surface area contributed by atoms with Gasteiger partial charge < -0.3 is 10.1 Å². The van der Waals surface area contributed by atoms with E-state index in [1.807, 2.05) is 6.07 Å². The molecule has 0 spiro atoms. The van der Waals surface area contributed by atoms with Gasteiger partial charge in [0.25, 0.3) is 5.91 Å². The molecule has 2 rings (SSSR count). The van der Waals surface area contributed by atoms with Crippen molar-refractivity contribution in [1.82, 2.24) is 14.5 Å². The molecular formula is C16H25N3O4S. The molecule has 1 N–H and O–H groups in total. The van der Waals surface area contributed by atoms with Crippen LogP contribution in [0.1, 0.15) is 10.4 Å². The van der Waals surface area contributed by atoms with Crippen LogP contribution in [0, 0.1) is 0 Å². The first kappa shape index (κ1) is 18.9. The maximum absolute atomic E-state index is 12.0. The predicted octanol–water partition coefficient (Wildman–Crippen LogP) is 0.0102. The van der Waals surface area contributed by atoms with Crippen molar-refractivity contribution in [2.24, 2.45) is 0 Å². The van der Waals surface area contributed by atoms with Crippen molar-refractivity contribution in [2.75, 3.05) is 58.7 Å². The molecule has 1 aromatic rings. The Kier molecular flexibility index (Phi) is 7.16. The standard InChI is InChI=1S/C16H25N3O4S/c1-24(21,22)19(10-9-18-11-13-23-14-12-18)8-7-17-16(20)15-5-3-2-4-6-15/h2-6H,7-14H2,1H3,(H,17,20). The minimum absolute atomic E-state index is 0.197. The molecule has 0 aromatic heterocycles. The summed E-state index contributed by atoms with van der Waals surface area (Å²) in [5.41, 5.74) is 0.566. The Hall–Kier alpha value is -1.48. The minimum Gasteiger partial charge on any atom is -0.379 e. The summed E-state index contributed by atoms with van der Waals surface area (Å²) in [5, 5.41) is 2.76. The highest BCUT2D eigenvalue weighted by Gasteiger charge is 2.19. The van der Waals surface area contributed by atoms with Crippen LogP contribution in [-0.2, 0) is 14.8 Å². The number of rotatable bonds is 8. The molecule has 0 saturated carbocycles. The van der Waals surface area contributed by atoms with Gasteiger partial charge >= 0.3 is 0 Å². The average molecular weight is 355 g/mol. The summed E-state index contributed by atoms with van der Waals surface area (Å²) in [6, 6.07) is 8.87. The number of morpholine rings is 1. The molecule has 0 atom stereocenters. The molecule has 0 radical (unpaired) electrons. The molecule has 24 heavy (non-hydrogen) atoms. The van der Waals surface area contributed by atoms with Crippen molar-refractivity contribution in [3.63, 3.8) is 0 Å². The second-order valence-corrected chi connectivity index (χ2v) is 7.72. The lowest BCUT2D eigenvalue weighted by atomic mass is 10.2. The van der Waals surface area contributed by atoms with E-state index in [2.05, 4.69) is 10.2 Å². The summed E-state index contributed by atoms with van der Waals surface area (Å²) in [6.07, 6.45) is 1.20. The van der Waals surface area contributed by atoms with Crippen LogP contribution in [0.4, 0.5) is 0 Å². The largest absolute Gasteiger partial charge is 0.379 e. The van der Waals surface area contributed by atoms with E-state index in [0.717, 1.165) is 13.1 Å². The van der Waals surface area contributed by atoms with E-state index in [9.17, 15) is 13.2 Å². The van der Waals surface area contributed by atoms with E-state index >= 15 is 0 Å². The van der Waals surface area contributed by atoms with Crippen LogP contribution in [0.25, 0.3) is 0 Å². The maximum Gasteiger partial charge on any atom is 0.251 e. The van der Waals surface area contributed by atoms with Crippen LogP contribution >= 0.6 is 0 Å². The zero-order valence-electron chi connectivity index (χ0n) is 14.0. The van der Waals surface area contributed by atoms with Gasteiger partial charge in [0.2, 0.25) is 10.0 Å². The van der Waals surface area contributed by atoms with Gasteiger partial charge in [0.1, 0.15) is 0 Å². The average Bonchev–Trinajstić information content (AvgIpc) is 2.58. The quantitative estimate of drug-likeness (QED) is 0.711. The summed E-state index contributed by atoms with van der Waals surface area (Å²) in [6.45, 7) is 4.65. The molecule has 1 aliphatic rings. The van der Waals surface area contributed by atoms with Crippen molar-refractivity contribution < 1.29 is 17.9 Å². The molecule has 7 nitrogen and oxygen atoms in total. The fourth-order valence-electron chi connectivity index (χ4n) is 2.51. The van der Waals surface area contributed by atoms with Crippen LogP contribution < -0.4 is 5.32 Å². The van der Waals surface area contributed by atoms with Crippen LogP contribution in [0.15, 0.2) is 30.3 Å². The number of nitrogens with zero attached hydrogens (tertiary/aromatic N) is 2. The molecular weight excluding hydrogens is 330 g/mol. The predicted molar refractivity (Wildman–Crippen MR) is 92.5 cm³/mol. The van der Waals surface area contributed by atoms with Gasteiger partial charge in [-0.2, -0.15) is 4.31 Å². The van der Waals surface area contributed by atoms with E-state index < -0.39 is 10.0 Å². The summed E-state index contributed by atoms with van der Waals surface area (Å²) in [7, 11) is -3.30. The van der Waals surface area contributed by atoms with E-state index in [0.29, 0.717) is 31.9 Å². The molecule has 0 unspecified atom stereocenters. The molecule has 0 bridgehead atoms. The number of sulfonamides is 1. The Balaban J connectivity index is 1.79. The number of amides is 1. The third kappa shape index (κ3) is 6.20. The van der Waals surface area contributed by atoms with E-state index in [1.165, 1.54) is 10.6 Å². The molecule has 134 valence electrons. The first-order valence-corrected chi connectivity index (χ1v) is 9.90. The van der Waals surface area contributed by atoms with E-state index in [1.54, 1.807) is 24.3 Å². The number of ether oxygens (including phenoxy) is 1. The second kappa shape index (κ2) is 9.12. The lowest BCUT2D eigenvalue weighted by Crippen LogP contribution is -2.44. The molecule has 1 aromatic carbocycles. The lowest BCUT2D eigenvalue weighted by molar-refractivity contribution is 0.0363.